The number of halogens is 1. The van der Waals surface area contributed by atoms with Gasteiger partial charge in [0.1, 0.15) is 9.71 Å². The summed E-state index contributed by atoms with van der Waals surface area (Å²) in [7, 11) is 3.19. The molecule has 6 rings (SSSR count). The number of nitrogens with one attached hydrogen (secondary N) is 1. The van der Waals surface area contributed by atoms with Crippen molar-refractivity contribution < 1.29 is 14.3 Å². The zero-order chi connectivity index (χ0) is 28.5. The maximum Gasteiger partial charge on any atom is 0.269 e. The highest BCUT2D eigenvalue weighted by molar-refractivity contribution is 7.21. The SMILES string of the molecule is COc1cccc(-c2cc(-c3ccccc3)nc3sc(C(=O)Nc4nc(-c5ccccc5Cl)cs4)c(N)c23)c1OC. The van der Waals surface area contributed by atoms with E-state index in [4.69, 9.17) is 31.8 Å². The van der Waals surface area contributed by atoms with Crippen molar-refractivity contribution in [1.82, 2.24) is 9.97 Å². The number of nitrogens with two attached hydrogens (primary N) is 1. The van der Waals surface area contributed by atoms with Gasteiger partial charge in [-0.1, -0.05) is 72.3 Å². The molecule has 204 valence electrons. The first-order valence-electron chi connectivity index (χ1n) is 12.5. The van der Waals surface area contributed by atoms with Crippen molar-refractivity contribution in [3.8, 4) is 45.1 Å². The molecule has 1 amide bonds. The second-order valence-corrected chi connectivity index (χ2v) is 11.2. The summed E-state index contributed by atoms with van der Waals surface area (Å²) in [5.41, 5.74) is 11.7. The standard InChI is InChI=1S/C31H23ClN4O3S2/c1-38-24-14-8-12-18(27(24)39-2)20-15-22(17-9-4-3-5-10-17)34-30-25(20)26(33)28(41-30)29(37)36-31-35-23(16-40-31)19-11-6-7-13-21(19)32/h3-16H,33H2,1-2H3,(H,35,36,37). The zero-order valence-electron chi connectivity index (χ0n) is 22.0. The largest absolute Gasteiger partial charge is 0.493 e. The van der Waals surface area contributed by atoms with Gasteiger partial charge in [-0.05, 0) is 18.2 Å². The molecule has 0 aliphatic rings. The Morgan fingerprint density at radius 2 is 1.63 bits per heavy atom. The highest BCUT2D eigenvalue weighted by Crippen LogP contribution is 2.46. The van der Waals surface area contributed by atoms with Gasteiger partial charge in [-0.15, -0.1) is 22.7 Å². The summed E-state index contributed by atoms with van der Waals surface area (Å²) in [4.78, 5) is 24.0. The molecule has 0 unspecified atom stereocenters. The molecule has 7 nitrogen and oxygen atoms in total. The van der Waals surface area contributed by atoms with Crippen molar-refractivity contribution in [1.29, 1.82) is 0 Å². The molecule has 0 bridgehead atoms. The van der Waals surface area contributed by atoms with Gasteiger partial charge in [0.25, 0.3) is 5.91 Å². The Hall–Kier alpha value is -4.44. The number of anilines is 2. The lowest BCUT2D eigenvalue weighted by molar-refractivity contribution is 0.103. The number of methoxy groups -OCH3 is 2. The predicted molar refractivity (Wildman–Crippen MR) is 169 cm³/mol. The molecule has 3 N–H and O–H groups in total. The lowest BCUT2D eigenvalue weighted by Crippen LogP contribution is -2.11. The predicted octanol–water partition coefficient (Wildman–Crippen LogP) is 8.26. The summed E-state index contributed by atoms with van der Waals surface area (Å²) < 4.78 is 11.3. The van der Waals surface area contributed by atoms with E-state index in [9.17, 15) is 4.79 Å². The number of benzene rings is 3. The van der Waals surface area contributed by atoms with E-state index in [0.29, 0.717) is 48.1 Å². The van der Waals surface area contributed by atoms with Crippen LogP contribution in [-0.4, -0.2) is 30.1 Å². The van der Waals surface area contributed by atoms with Gasteiger partial charge >= 0.3 is 0 Å². The van der Waals surface area contributed by atoms with Crippen LogP contribution in [0, 0.1) is 0 Å². The number of thiophene rings is 1. The molecule has 0 saturated carbocycles. The highest BCUT2D eigenvalue weighted by atomic mass is 35.5. The molecule has 10 heteroatoms. The van der Waals surface area contributed by atoms with E-state index in [-0.39, 0.29) is 5.91 Å². The van der Waals surface area contributed by atoms with Crippen LogP contribution in [0.1, 0.15) is 9.67 Å². The zero-order valence-corrected chi connectivity index (χ0v) is 24.4. The van der Waals surface area contributed by atoms with Crippen molar-refractivity contribution >= 4 is 61.2 Å². The number of hydrogen-bond donors (Lipinski definition) is 2. The van der Waals surface area contributed by atoms with Crippen LogP contribution in [0.5, 0.6) is 11.5 Å². The minimum absolute atomic E-state index is 0.331. The number of aromatic nitrogens is 2. The van der Waals surface area contributed by atoms with Crippen molar-refractivity contribution in [2.75, 3.05) is 25.3 Å². The number of amides is 1. The Balaban J connectivity index is 1.46. The van der Waals surface area contributed by atoms with Gasteiger partial charge in [0.2, 0.25) is 0 Å². The molecule has 0 radical (unpaired) electrons. The van der Waals surface area contributed by atoms with E-state index in [1.54, 1.807) is 20.3 Å². The number of pyridine rings is 1. The summed E-state index contributed by atoms with van der Waals surface area (Å²) in [6.45, 7) is 0. The number of nitrogens with zero attached hydrogens (tertiary/aromatic N) is 2. The van der Waals surface area contributed by atoms with Crippen molar-refractivity contribution in [3.63, 3.8) is 0 Å². The Kier molecular flexibility index (Phi) is 7.32. The van der Waals surface area contributed by atoms with Gasteiger partial charge < -0.3 is 15.2 Å². The van der Waals surface area contributed by atoms with Gasteiger partial charge in [0.05, 0.1) is 31.3 Å². The van der Waals surface area contributed by atoms with Crippen LogP contribution in [0.4, 0.5) is 10.8 Å². The summed E-state index contributed by atoms with van der Waals surface area (Å²) in [5.74, 6) is 0.782. The summed E-state index contributed by atoms with van der Waals surface area (Å²) in [6, 6.07) is 24.9. The second kappa shape index (κ2) is 11.2. The van der Waals surface area contributed by atoms with Gasteiger partial charge in [0, 0.05) is 38.0 Å². The third kappa shape index (κ3) is 4.99. The van der Waals surface area contributed by atoms with Crippen molar-refractivity contribution in [3.05, 3.63) is 94.1 Å². The lowest BCUT2D eigenvalue weighted by atomic mass is 9.98. The van der Waals surface area contributed by atoms with E-state index in [2.05, 4.69) is 10.3 Å². The van der Waals surface area contributed by atoms with E-state index in [0.717, 1.165) is 27.9 Å². The molecule has 41 heavy (non-hydrogen) atoms. The molecular formula is C31H23ClN4O3S2. The number of carbonyl (C=O) groups is 1. The monoisotopic (exact) mass is 598 g/mol. The normalized spacial score (nSPS) is 11.0. The fourth-order valence-corrected chi connectivity index (χ4v) is 6.59. The average molecular weight is 599 g/mol. The van der Waals surface area contributed by atoms with Crippen LogP contribution in [0.3, 0.4) is 0 Å². The van der Waals surface area contributed by atoms with Gasteiger partial charge in [-0.3, -0.25) is 10.1 Å². The molecule has 3 aromatic heterocycles. The van der Waals surface area contributed by atoms with Gasteiger partial charge in [0.15, 0.2) is 16.6 Å². The third-order valence-corrected chi connectivity index (χ3v) is 8.73. The number of carbonyl (C=O) groups excluding carboxylic acids is 1. The number of fused-ring (bicyclic) bond motifs is 1. The molecule has 0 fully saturated rings. The fraction of sp³-hybridized carbons (Fsp3) is 0.0645. The van der Waals surface area contributed by atoms with E-state index in [1.165, 1.54) is 22.7 Å². The fourth-order valence-electron chi connectivity index (χ4n) is 4.64. The van der Waals surface area contributed by atoms with E-state index >= 15 is 0 Å². The first-order chi connectivity index (χ1) is 20.0. The molecular weight excluding hydrogens is 576 g/mol. The molecule has 0 spiro atoms. The molecule has 0 aliphatic heterocycles. The van der Waals surface area contributed by atoms with Crippen LogP contribution < -0.4 is 20.5 Å². The van der Waals surface area contributed by atoms with E-state index in [1.807, 2.05) is 78.2 Å². The first kappa shape index (κ1) is 26.8. The number of nitrogen functional groups attached to an aromatic ring is 1. The van der Waals surface area contributed by atoms with Crippen molar-refractivity contribution in [2.24, 2.45) is 0 Å². The minimum atomic E-state index is -0.365. The molecule has 6 aromatic rings. The quantitative estimate of drug-likeness (QED) is 0.192. The van der Waals surface area contributed by atoms with Crippen LogP contribution >= 0.6 is 34.3 Å². The summed E-state index contributed by atoms with van der Waals surface area (Å²) in [6.07, 6.45) is 0. The van der Waals surface area contributed by atoms with Gasteiger partial charge in [-0.2, -0.15) is 0 Å². The van der Waals surface area contributed by atoms with Gasteiger partial charge in [-0.25, -0.2) is 9.97 Å². The molecule has 0 aliphatic carbocycles. The topological polar surface area (TPSA) is 99.4 Å². The molecule has 0 saturated heterocycles. The highest BCUT2D eigenvalue weighted by Gasteiger charge is 2.24. The second-order valence-electron chi connectivity index (χ2n) is 8.96. The Labute approximate surface area is 249 Å². The molecule has 0 atom stereocenters. The Morgan fingerprint density at radius 1 is 0.878 bits per heavy atom. The van der Waals surface area contributed by atoms with Crippen LogP contribution in [0.15, 0.2) is 84.2 Å². The number of ether oxygens (including phenoxy) is 2. The van der Waals surface area contributed by atoms with E-state index < -0.39 is 0 Å². The van der Waals surface area contributed by atoms with Crippen LogP contribution in [-0.2, 0) is 0 Å². The number of hydrogen-bond acceptors (Lipinski definition) is 8. The summed E-state index contributed by atoms with van der Waals surface area (Å²) >= 11 is 8.88. The Morgan fingerprint density at radius 3 is 2.39 bits per heavy atom. The average Bonchev–Trinajstić information content (AvgIpc) is 3.61. The van der Waals surface area contributed by atoms with Crippen molar-refractivity contribution in [2.45, 2.75) is 0 Å². The van der Waals surface area contributed by atoms with Crippen LogP contribution in [0.25, 0.3) is 43.9 Å². The Bertz CT molecular complexity index is 1900. The third-order valence-electron chi connectivity index (χ3n) is 6.54. The smallest absolute Gasteiger partial charge is 0.269 e. The molecule has 3 aromatic carbocycles. The maximum atomic E-state index is 13.5. The number of thiazole rings is 1. The first-order valence-corrected chi connectivity index (χ1v) is 14.6. The van der Waals surface area contributed by atoms with Crippen LogP contribution in [0.2, 0.25) is 5.02 Å². The summed E-state index contributed by atoms with van der Waals surface area (Å²) in [5, 5.41) is 6.45. The minimum Gasteiger partial charge on any atom is -0.493 e. The lowest BCUT2D eigenvalue weighted by Gasteiger charge is -2.15. The number of para-hydroxylation sites is 1. The maximum absolute atomic E-state index is 13.5. The number of rotatable bonds is 7. The molecule has 3 heterocycles.